The Morgan fingerprint density at radius 1 is 1.07 bits per heavy atom. The van der Waals surface area contributed by atoms with Crippen LogP contribution in [0.15, 0.2) is 66.7 Å². The zero-order chi connectivity index (χ0) is 20.4. The van der Waals surface area contributed by atoms with Gasteiger partial charge < -0.3 is 10.0 Å². The molecule has 0 unspecified atom stereocenters. The third-order valence-electron chi connectivity index (χ3n) is 4.86. The van der Waals surface area contributed by atoms with Gasteiger partial charge in [0.15, 0.2) is 0 Å². The van der Waals surface area contributed by atoms with E-state index in [4.69, 9.17) is 11.6 Å². The number of hydrogen-bond acceptors (Lipinski definition) is 3. The largest absolute Gasteiger partial charge is 0.507 e. The van der Waals surface area contributed by atoms with Crippen LogP contribution >= 0.6 is 11.6 Å². The number of fused-ring (bicyclic) bond motifs is 1. The molecule has 6 heteroatoms. The summed E-state index contributed by atoms with van der Waals surface area (Å²) in [7, 11) is 1.72. The number of halogens is 1. The van der Waals surface area contributed by atoms with Crippen molar-refractivity contribution in [1.29, 1.82) is 0 Å². The van der Waals surface area contributed by atoms with Crippen LogP contribution < -0.4 is 0 Å². The van der Waals surface area contributed by atoms with Crippen LogP contribution in [0.25, 0.3) is 10.9 Å². The molecule has 0 radical (unpaired) electrons. The molecule has 146 valence electrons. The number of hydrogen-bond donors (Lipinski definition) is 2. The maximum absolute atomic E-state index is 13.0. The summed E-state index contributed by atoms with van der Waals surface area (Å²) in [5, 5.41) is 19.2. The van der Waals surface area contributed by atoms with Crippen LogP contribution in [-0.4, -0.2) is 33.2 Å². The smallest absolute Gasteiger partial charge is 0.257 e. The summed E-state index contributed by atoms with van der Waals surface area (Å²) in [5.74, 6) is -0.316. The number of aromatic nitrogens is 2. The average molecular weight is 406 g/mol. The summed E-state index contributed by atoms with van der Waals surface area (Å²) in [6, 6.07) is 20.6. The fourth-order valence-corrected chi connectivity index (χ4v) is 3.60. The van der Waals surface area contributed by atoms with Crippen molar-refractivity contribution >= 4 is 28.4 Å². The minimum atomic E-state index is -0.247. The van der Waals surface area contributed by atoms with Gasteiger partial charge in [0, 0.05) is 36.5 Å². The van der Waals surface area contributed by atoms with Crippen LogP contribution in [0.4, 0.5) is 0 Å². The molecule has 4 rings (SSSR count). The van der Waals surface area contributed by atoms with Crippen molar-refractivity contribution in [3.8, 4) is 5.75 Å². The lowest BCUT2D eigenvalue weighted by molar-refractivity contribution is 0.0782. The Hall–Kier alpha value is -3.31. The second-order valence-corrected chi connectivity index (χ2v) is 7.48. The highest BCUT2D eigenvalue weighted by Gasteiger charge is 2.19. The number of carbonyl (C=O) groups is 1. The van der Waals surface area contributed by atoms with E-state index in [0.717, 1.165) is 22.2 Å². The first-order chi connectivity index (χ1) is 14.0. The molecule has 4 aromatic rings. The molecule has 0 fully saturated rings. The van der Waals surface area contributed by atoms with Gasteiger partial charge in [-0.1, -0.05) is 54.1 Å². The third kappa shape index (κ3) is 4.10. The van der Waals surface area contributed by atoms with Crippen LogP contribution in [0.3, 0.4) is 0 Å². The second-order valence-electron chi connectivity index (χ2n) is 7.04. The predicted molar refractivity (Wildman–Crippen MR) is 114 cm³/mol. The van der Waals surface area contributed by atoms with E-state index in [-0.39, 0.29) is 17.2 Å². The van der Waals surface area contributed by atoms with Crippen molar-refractivity contribution in [2.45, 2.75) is 13.0 Å². The first-order valence-corrected chi connectivity index (χ1v) is 9.63. The molecule has 3 aromatic carbocycles. The number of H-pyrrole nitrogens is 1. The number of amides is 1. The molecule has 0 saturated carbocycles. The Balaban J connectivity index is 1.64. The molecule has 1 heterocycles. The first-order valence-electron chi connectivity index (χ1n) is 9.25. The Morgan fingerprint density at radius 2 is 1.83 bits per heavy atom. The van der Waals surface area contributed by atoms with E-state index in [2.05, 4.69) is 10.2 Å². The van der Waals surface area contributed by atoms with Crippen LogP contribution in [0.5, 0.6) is 5.75 Å². The van der Waals surface area contributed by atoms with Crippen LogP contribution in [0, 0.1) is 0 Å². The van der Waals surface area contributed by atoms with E-state index >= 15 is 0 Å². The minimum Gasteiger partial charge on any atom is -0.507 e. The highest BCUT2D eigenvalue weighted by molar-refractivity contribution is 6.30. The number of benzene rings is 3. The van der Waals surface area contributed by atoms with Gasteiger partial charge in [-0.3, -0.25) is 9.89 Å². The average Bonchev–Trinajstić information content (AvgIpc) is 3.09. The van der Waals surface area contributed by atoms with Crippen molar-refractivity contribution in [3.63, 3.8) is 0 Å². The Bertz CT molecular complexity index is 1170. The topological polar surface area (TPSA) is 69.2 Å². The number of aromatic amines is 1. The molecule has 0 saturated heterocycles. The summed E-state index contributed by atoms with van der Waals surface area (Å²) >= 11 is 6.08. The zero-order valence-electron chi connectivity index (χ0n) is 15.9. The van der Waals surface area contributed by atoms with E-state index in [0.29, 0.717) is 23.5 Å². The lowest BCUT2D eigenvalue weighted by Gasteiger charge is -2.18. The van der Waals surface area contributed by atoms with Crippen LogP contribution in [0.1, 0.15) is 27.2 Å². The van der Waals surface area contributed by atoms with E-state index in [1.165, 1.54) is 0 Å². The lowest BCUT2D eigenvalue weighted by Crippen LogP contribution is -2.26. The molecule has 0 spiro atoms. The molecule has 0 aliphatic carbocycles. The standard InChI is InChI=1S/C23H20ClN3O2/c1-27(14-15-6-3-2-4-7-15)23(29)19-12-18-20(25-26-21(18)13-22(19)28)11-16-8-5-9-17(24)10-16/h2-10,12-13,28H,11,14H2,1H3,(H,25,26). The SMILES string of the molecule is CN(Cc1ccccc1)C(=O)c1cc2c(Cc3cccc(Cl)c3)n[nH]c2cc1O. The normalized spacial score (nSPS) is 11.0. The van der Waals surface area contributed by atoms with Gasteiger partial charge in [-0.2, -0.15) is 5.10 Å². The first kappa shape index (κ1) is 19.0. The van der Waals surface area contributed by atoms with Crippen LogP contribution in [0.2, 0.25) is 5.02 Å². The van der Waals surface area contributed by atoms with Gasteiger partial charge in [-0.05, 0) is 29.3 Å². The van der Waals surface area contributed by atoms with Gasteiger partial charge in [-0.15, -0.1) is 0 Å². The van der Waals surface area contributed by atoms with Gasteiger partial charge in [0.25, 0.3) is 5.91 Å². The van der Waals surface area contributed by atoms with Crippen molar-refractivity contribution in [3.05, 3.63) is 94.1 Å². The fraction of sp³-hybridized carbons (Fsp3) is 0.130. The third-order valence-corrected chi connectivity index (χ3v) is 5.09. The van der Waals surface area contributed by atoms with Gasteiger partial charge >= 0.3 is 0 Å². The molecule has 0 atom stereocenters. The van der Waals surface area contributed by atoms with Gasteiger partial charge in [0.05, 0.1) is 16.8 Å². The number of phenols is 1. The number of aromatic hydroxyl groups is 1. The van der Waals surface area contributed by atoms with E-state index in [9.17, 15) is 9.90 Å². The molecule has 2 N–H and O–H groups in total. The Morgan fingerprint density at radius 3 is 2.59 bits per heavy atom. The minimum absolute atomic E-state index is 0.0691. The number of rotatable bonds is 5. The molecule has 0 aliphatic heterocycles. The van der Waals surface area contributed by atoms with Crippen molar-refractivity contribution in [2.75, 3.05) is 7.05 Å². The number of nitrogens with one attached hydrogen (secondary N) is 1. The molecular formula is C23H20ClN3O2. The van der Waals surface area contributed by atoms with E-state index in [1.807, 2.05) is 54.6 Å². The molecule has 29 heavy (non-hydrogen) atoms. The van der Waals surface area contributed by atoms with Gasteiger partial charge in [0.1, 0.15) is 5.75 Å². The van der Waals surface area contributed by atoms with Crippen molar-refractivity contribution < 1.29 is 9.90 Å². The highest BCUT2D eigenvalue weighted by atomic mass is 35.5. The summed E-state index contributed by atoms with van der Waals surface area (Å²) in [6.07, 6.45) is 0.568. The number of nitrogens with zero attached hydrogens (tertiary/aromatic N) is 2. The molecule has 0 aliphatic rings. The van der Waals surface area contributed by atoms with Crippen LogP contribution in [-0.2, 0) is 13.0 Å². The number of carbonyl (C=O) groups excluding carboxylic acids is 1. The Kier molecular flexibility index (Phi) is 5.23. The maximum atomic E-state index is 13.0. The summed E-state index contributed by atoms with van der Waals surface area (Å²) in [4.78, 5) is 14.6. The van der Waals surface area contributed by atoms with E-state index < -0.39 is 0 Å². The summed E-state index contributed by atoms with van der Waals surface area (Å²) < 4.78 is 0. The molecular weight excluding hydrogens is 386 g/mol. The van der Waals surface area contributed by atoms with Crippen molar-refractivity contribution in [1.82, 2.24) is 15.1 Å². The van der Waals surface area contributed by atoms with Gasteiger partial charge in [0.2, 0.25) is 0 Å². The second kappa shape index (κ2) is 7.97. The quantitative estimate of drug-likeness (QED) is 0.501. The lowest BCUT2D eigenvalue weighted by atomic mass is 10.0. The monoisotopic (exact) mass is 405 g/mol. The van der Waals surface area contributed by atoms with Crippen molar-refractivity contribution in [2.24, 2.45) is 0 Å². The molecule has 1 aromatic heterocycles. The summed E-state index contributed by atoms with van der Waals surface area (Å²) in [6.45, 7) is 0.456. The van der Waals surface area contributed by atoms with E-state index in [1.54, 1.807) is 24.1 Å². The molecule has 0 bridgehead atoms. The molecule has 5 nitrogen and oxygen atoms in total. The highest BCUT2D eigenvalue weighted by Crippen LogP contribution is 2.28. The molecule has 1 amide bonds. The summed E-state index contributed by atoms with van der Waals surface area (Å²) in [5.41, 5.74) is 3.77. The number of phenolic OH excluding ortho intramolecular Hbond substituents is 1. The van der Waals surface area contributed by atoms with Gasteiger partial charge in [-0.25, -0.2) is 0 Å². The fourth-order valence-electron chi connectivity index (χ4n) is 3.39. The maximum Gasteiger partial charge on any atom is 0.257 e. The predicted octanol–water partition coefficient (Wildman–Crippen LogP) is 4.78. The zero-order valence-corrected chi connectivity index (χ0v) is 16.6. The Labute approximate surface area is 173 Å².